The lowest BCUT2D eigenvalue weighted by atomic mass is 10.4. The summed E-state index contributed by atoms with van der Waals surface area (Å²) in [5, 5.41) is 23.2. The molecule has 3 N–H and O–H groups in total. The third-order valence-electron chi connectivity index (χ3n) is 1.05. The van der Waals surface area contributed by atoms with Crippen molar-refractivity contribution in [3.8, 4) is 0 Å². The lowest BCUT2D eigenvalue weighted by Gasteiger charge is -2.00. The summed E-state index contributed by atoms with van der Waals surface area (Å²) in [5.74, 6) is -0.153. The molecule has 1 heterocycles. The number of hydrogen-bond acceptors (Lipinski definition) is 3. The Labute approximate surface area is 62.6 Å². The molecule has 1 aliphatic rings. The van der Waals surface area contributed by atoms with E-state index in [1.165, 1.54) is 0 Å². The zero-order chi connectivity index (χ0) is 8.85. The molecule has 0 aromatic carbocycles. The summed E-state index contributed by atoms with van der Waals surface area (Å²) in [4.78, 5) is 18.8. The minimum absolute atomic E-state index is 0.153. The molecule has 6 heteroatoms. The Morgan fingerprint density at radius 3 is 2.00 bits per heavy atom. The van der Waals surface area contributed by atoms with Crippen molar-refractivity contribution < 1.29 is 25.0 Å². The van der Waals surface area contributed by atoms with Crippen LogP contribution >= 0.6 is 0 Å². The summed E-state index contributed by atoms with van der Waals surface area (Å²) in [7, 11) is 0. The maximum Gasteiger partial charge on any atom is 0.503 e. The molecule has 0 unspecified atom stereocenters. The van der Waals surface area contributed by atoms with Crippen LogP contribution in [0.3, 0.4) is 0 Å². The summed E-state index contributed by atoms with van der Waals surface area (Å²) >= 11 is 0. The minimum Gasteiger partial charge on any atom is -0.450 e. The van der Waals surface area contributed by atoms with Crippen molar-refractivity contribution in [3.05, 3.63) is 0 Å². The molecule has 0 aromatic heterocycles. The molecule has 0 bridgehead atoms. The van der Waals surface area contributed by atoms with Crippen molar-refractivity contribution in [1.29, 1.82) is 0 Å². The van der Waals surface area contributed by atoms with E-state index in [-0.39, 0.29) is 5.91 Å². The molecule has 1 fully saturated rings. The maximum absolute atomic E-state index is 10.2. The Balaban J connectivity index is 0.000000218. The van der Waals surface area contributed by atoms with Gasteiger partial charge in [-0.3, -0.25) is 10.0 Å². The average Bonchev–Trinajstić information content (AvgIpc) is 2.15. The molecule has 1 amide bonds. The van der Waals surface area contributed by atoms with Crippen molar-refractivity contribution in [3.63, 3.8) is 0 Å². The Bertz CT molecular complexity index is 153. The van der Waals surface area contributed by atoms with Gasteiger partial charge in [-0.2, -0.15) is 0 Å². The monoisotopic (exact) mass is 163 g/mol. The molecule has 6 nitrogen and oxygen atoms in total. The smallest absolute Gasteiger partial charge is 0.450 e. The number of hydrogen-bond donors (Lipinski definition) is 3. The molecule has 0 radical (unpaired) electrons. The van der Waals surface area contributed by atoms with Crippen LogP contribution in [0.2, 0.25) is 0 Å². The molecular weight excluding hydrogens is 154 g/mol. The van der Waals surface area contributed by atoms with Gasteiger partial charge in [0.05, 0.1) is 0 Å². The summed E-state index contributed by atoms with van der Waals surface area (Å²) in [6, 6.07) is 0. The zero-order valence-corrected chi connectivity index (χ0v) is 5.73. The Hall–Kier alpha value is -1.30. The second kappa shape index (κ2) is 4.51. The van der Waals surface area contributed by atoms with Crippen LogP contribution in [-0.4, -0.2) is 39.1 Å². The van der Waals surface area contributed by atoms with E-state index in [0.717, 1.165) is 11.5 Å². The highest BCUT2D eigenvalue weighted by molar-refractivity contribution is 5.76. The predicted octanol–water partition coefficient (Wildman–Crippen LogP) is 0.220. The van der Waals surface area contributed by atoms with Crippen molar-refractivity contribution in [2.75, 3.05) is 6.54 Å². The van der Waals surface area contributed by atoms with Crippen LogP contribution in [0.1, 0.15) is 12.8 Å². The number of nitrogens with zero attached hydrogens (tertiary/aromatic N) is 1. The van der Waals surface area contributed by atoms with E-state index in [1.807, 2.05) is 0 Å². The van der Waals surface area contributed by atoms with Crippen LogP contribution in [0.15, 0.2) is 0 Å². The van der Waals surface area contributed by atoms with Gasteiger partial charge in [0.15, 0.2) is 0 Å². The molecule has 0 saturated carbocycles. The maximum atomic E-state index is 10.2. The van der Waals surface area contributed by atoms with E-state index >= 15 is 0 Å². The molecule has 1 aliphatic heterocycles. The lowest BCUT2D eigenvalue weighted by molar-refractivity contribution is -0.157. The van der Waals surface area contributed by atoms with Crippen molar-refractivity contribution in [2.24, 2.45) is 0 Å². The van der Waals surface area contributed by atoms with Gasteiger partial charge in [0.25, 0.3) is 0 Å². The van der Waals surface area contributed by atoms with Gasteiger partial charge in [0, 0.05) is 13.0 Å². The molecule has 11 heavy (non-hydrogen) atoms. The van der Waals surface area contributed by atoms with Crippen LogP contribution in [0, 0.1) is 0 Å². The Morgan fingerprint density at radius 1 is 1.45 bits per heavy atom. The zero-order valence-electron chi connectivity index (χ0n) is 5.73. The molecule has 0 aliphatic carbocycles. The fraction of sp³-hybridized carbons (Fsp3) is 0.600. The first-order valence-electron chi connectivity index (χ1n) is 2.95. The summed E-state index contributed by atoms with van der Waals surface area (Å²) in [5.41, 5.74) is 0. The van der Waals surface area contributed by atoms with E-state index in [0.29, 0.717) is 13.0 Å². The highest BCUT2D eigenvalue weighted by atomic mass is 16.6. The standard InChI is InChI=1S/C4H7NO2.CH2O3/c6-4-2-1-3-5(4)7;2-1(3)4/h7H,1-3H2;(H2,2,3,4). The molecule has 64 valence electrons. The van der Waals surface area contributed by atoms with Crippen molar-refractivity contribution in [2.45, 2.75) is 12.8 Å². The van der Waals surface area contributed by atoms with Crippen LogP contribution < -0.4 is 0 Å². The fourth-order valence-electron chi connectivity index (χ4n) is 0.634. The topological polar surface area (TPSA) is 98.1 Å². The Kier molecular flexibility index (Phi) is 3.97. The van der Waals surface area contributed by atoms with Crippen molar-refractivity contribution >= 4 is 12.1 Å². The summed E-state index contributed by atoms with van der Waals surface area (Å²) in [6.07, 6.45) is -0.522. The molecule has 0 atom stereocenters. The SMILES string of the molecule is O=C(O)O.O=C1CCCN1O. The minimum atomic E-state index is -1.83. The second-order valence-corrected chi connectivity index (χ2v) is 1.90. The van der Waals surface area contributed by atoms with Gasteiger partial charge in [-0.25, -0.2) is 9.86 Å². The number of carboxylic acid groups (broad SMARTS) is 2. The number of rotatable bonds is 0. The largest absolute Gasteiger partial charge is 0.503 e. The summed E-state index contributed by atoms with van der Waals surface area (Å²) < 4.78 is 0. The van der Waals surface area contributed by atoms with Crippen LogP contribution in [-0.2, 0) is 4.79 Å². The van der Waals surface area contributed by atoms with Gasteiger partial charge in [-0.15, -0.1) is 0 Å². The first kappa shape index (κ1) is 9.70. The fourth-order valence-corrected chi connectivity index (χ4v) is 0.634. The number of carbonyl (C=O) groups is 2. The van der Waals surface area contributed by atoms with Gasteiger partial charge in [-0.05, 0) is 6.42 Å². The molecule has 1 rings (SSSR count). The normalized spacial score (nSPS) is 15.7. The first-order chi connectivity index (χ1) is 5.04. The first-order valence-corrected chi connectivity index (χ1v) is 2.95. The molecule has 1 saturated heterocycles. The molecule has 0 aromatic rings. The van der Waals surface area contributed by atoms with Crippen LogP contribution in [0.4, 0.5) is 4.79 Å². The van der Waals surface area contributed by atoms with Crippen LogP contribution in [0.5, 0.6) is 0 Å². The quantitative estimate of drug-likeness (QED) is 0.444. The second-order valence-electron chi connectivity index (χ2n) is 1.90. The van der Waals surface area contributed by atoms with E-state index in [2.05, 4.69) is 0 Å². The highest BCUT2D eigenvalue weighted by Gasteiger charge is 2.16. The predicted molar refractivity (Wildman–Crippen MR) is 33.4 cm³/mol. The summed E-state index contributed by atoms with van der Waals surface area (Å²) in [6.45, 7) is 0.513. The third kappa shape index (κ3) is 5.16. The highest BCUT2D eigenvalue weighted by Crippen LogP contribution is 2.04. The lowest BCUT2D eigenvalue weighted by Crippen LogP contribution is -2.18. The average molecular weight is 163 g/mol. The van der Waals surface area contributed by atoms with Crippen molar-refractivity contribution in [1.82, 2.24) is 5.06 Å². The van der Waals surface area contributed by atoms with Gasteiger partial charge in [0.2, 0.25) is 5.91 Å². The number of hydroxylamine groups is 2. The van der Waals surface area contributed by atoms with E-state index in [4.69, 9.17) is 20.2 Å². The van der Waals surface area contributed by atoms with Crippen LogP contribution in [0.25, 0.3) is 0 Å². The van der Waals surface area contributed by atoms with E-state index in [1.54, 1.807) is 0 Å². The number of carbonyl (C=O) groups excluding carboxylic acids is 1. The van der Waals surface area contributed by atoms with Gasteiger partial charge >= 0.3 is 6.16 Å². The van der Waals surface area contributed by atoms with Gasteiger partial charge in [0.1, 0.15) is 0 Å². The molecule has 0 spiro atoms. The third-order valence-corrected chi connectivity index (χ3v) is 1.05. The molecular formula is C5H9NO5. The van der Waals surface area contributed by atoms with Gasteiger partial charge < -0.3 is 10.2 Å². The number of amides is 1. The van der Waals surface area contributed by atoms with E-state index < -0.39 is 6.16 Å². The Morgan fingerprint density at radius 2 is 1.91 bits per heavy atom. The van der Waals surface area contributed by atoms with E-state index in [9.17, 15) is 4.79 Å². The van der Waals surface area contributed by atoms with Gasteiger partial charge in [-0.1, -0.05) is 0 Å².